The number of ether oxygens (including phenoxy) is 1. The summed E-state index contributed by atoms with van der Waals surface area (Å²) >= 11 is 5.96. The Morgan fingerprint density at radius 1 is 1.03 bits per heavy atom. The van der Waals surface area contributed by atoms with E-state index in [0.717, 1.165) is 49.3 Å². The molecule has 2 heterocycles. The van der Waals surface area contributed by atoms with Crippen molar-refractivity contribution in [2.24, 2.45) is 0 Å². The Labute approximate surface area is 214 Å². The minimum Gasteiger partial charge on any atom is -0.465 e. The number of esters is 1. The molecule has 0 aliphatic carbocycles. The van der Waals surface area contributed by atoms with Crippen LogP contribution in [0.4, 0.5) is 20.6 Å². The molecular weight excluding hydrogens is 481 g/mol. The van der Waals surface area contributed by atoms with E-state index in [1.165, 1.54) is 13.2 Å². The number of halogens is 2. The Hall–Kier alpha value is -3.42. The number of nitrogens with one attached hydrogen (secondary N) is 1. The molecule has 0 unspecified atom stereocenters. The van der Waals surface area contributed by atoms with Crippen molar-refractivity contribution in [2.75, 3.05) is 37.0 Å². The Bertz CT molecular complexity index is 1270. The number of likely N-dealkylation sites (tertiary alicyclic amines) is 1. The third-order valence-corrected chi connectivity index (χ3v) is 7.47. The Morgan fingerprint density at radius 3 is 2.39 bits per heavy atom. The molecule has 2 amide bonds. The van der Waals surface area contributed by atoms with E-state index in [-0.39, 0.29) is 23.2 Å². The maximum atomic E-state index is 14.3. The molecule has 1 N–H and O–H groups in total. The van der Waals surface area contributed by atoms with Crippen molar-refractivity contribution in [2.45, 2.75) is 24.8 Å². The molecule has 186 valence electrons. The molecule has 0 aromatic heterocycles. The minimum absolute atomic E-state index is 0.241. The van der Waals surface area contributed by atoms with Gasteiger partial charge in [-0.15, -0.1) is 0 Å². The average molecular weight is 508 g/mol. The van der Waals surface area contributed by atoms with Crippen LogP contribution in [0.25, 0.3) is 0 Å². The van der Waals surface area contributed by atoms with Crippen molar-refractivity contribution in [1.29, 1.82) is 0 Å². The first-order valence-corrected chi connectivity index (χ1v) is 12.3. The zero-order valence-electron chi connectivity index (χ0n) is 20.0. The molecule has 2 aliphatic heterocycles. The fourth-order valence-electron chi connectivity index (χ4n) is 5.24. The first-order valence-electron chi connectivity index (χ1n) is 11.9. The number of anilines is 2. The van der Waals surface area contributed by atoms with Gasteiger partial charge in [-0.25, -0.2) is 14.0 Å². The predicted molar refractivity (Wildman–Crippen MR) is 138 cm³/mol. The van der Waals surface area contributed by atoms with Gasteiger partial charge in [-0.05, 0) is 91.7 Å². The van der Waals surface area contributed by atoms with Crippen molar-refractivity contribution < 1.29 is 18.7 Å². The van der Waals surface area contributed by atoms with Gasteiger partial charge in [-0.3, -0.25) is 9.80 Å². The molecule has 36 heavy (non-hydrogen) atoms. The first kappa shape index (κ1) is 24.3. The summed E-state index contributed by atoms with van der Waals surface area (Å²) in [5.41, 5.74) is 3.66. The first-order chi connectivity index (χ1) is 17.4. The fourth-order valence-corrected chi connectivity index (χ4v) is 5.36. The molecule has 0 bridgehead atoms. The highest BCUT2D eigenvalue weighted by atomic mass is 35.5. The second-order valence-electron chi connectivity index (χ2n) is 9.43. The maximum Gasteiger partial charge on any atom is 0.337 e. The topological polar surface area (TPSA) is 61.9 Å². The van der Waals surface area contributed by atoms with Gasteiger partial charge in [0, 0.05) is 34.9 Å². The number of carbonyl (C=O) groups is 2. The second-order valence-corrected chi connectivity index (χ2v) is 9.87. The quantitative estimate of drug-likeness (QED) is 0.450. The van der Waals surface area contributed by atoms with Crippen LogP contribution in [0.3, 0.4) is 0 Å². The molecule has 0 radical (unpaired) electrons. The number of hydrogen-bond donors (Lipinski definition) is 1. The maximum absolute atomic E-state index is 14.3. The number of piperidine rings is 1. The molecule has 8 heteroatoms. The molecule has 5 rings (SSSR count). The van der Waals surface area contributed by atoms with Gasteiger partial charge in [0.05, 0.1) is 12.7 Å². The molecular formula is C28H27ClFN3O3. The summed E-state index contributed by atoms with van der Waals surface area (Å²) in [6.45, 7) is 2.91. The van der Waals surface area contributed by atoms with Gasteiger partial charge in [-0.2, -0.15) is 0 Å². The summed E-state index contributed by atoms with van der Waals surface area (Å²) in [4.78, 5) is 29.0. The normalized spacial score (nSPS) is 16.6. The average Bonchev–Trinajstić information content (AvgIpc) is 3.20. The van der Waals surface area contributed by atoms with E-state index in [4.69, 9.17) is 16.3 Å². The lowest BCUT2D eigenvalue weighted by Crippen LogP contribution is -2.46. The summed E-state index contributed by atoms with van der Waals surface area (Å²) in [5.74, 6) is -0.639. The van der Waals surface area contributed by atoms with Crippen LogP contribution in [0.2, 0.25) is 5.02 Å². The van der Waals surface area contributed by atoms with Crippen LogP contribution < -0.4 is 10.2 Å². The number of amides is 2. The Kier molecular flexibility index (Phi) is 6.69. The van der Waals surface area contributed by atoms with E-state index in [1.807, 2.05) is 12.1 Å². The predicted octanol–water partition coefficient (Wildman–Crippen LogP) is 5.85. The van der Waals surface area contributed by atoms with Gasteiger partial charge >= 0.3 is 12.0 Å². The van der Waals surface area contributed by atoms with Crippen molar-refractivity contribution >= 4 is 35.0 Å². The highest BCUT2D eigenvalue weighted by Gasteiger charge is 2.46. The molecule has 3 aromatic carbocycles. The van der Waals surface area contributed by atoms with Gasteiger partial charge < -0.3 is 10.1 Å². The minimum atomic E-state index is -0.349. The van der Waals surface area contributed by atoms with Crippen LogP contribution in [0.15, 0.2) is 66.7 Å². The van der Waals surface area contributed by atoms with E-state index in [2.05, 4.69) is 10.2 Å². The number of carbonyl (C=O) groups excluding carboxylic acids is 2. The van der Waals surface area contributed by atoms with Crippen LogP contribution in [0.1, 0.15) is 34.3 Å². The third-order valence-electron chi connectivity index (χ3n) is 7.22. The summed E-state index contributed by atoms with van der Waals surface area (Å²) in [7, 11) is 1.37. The molecule has 3 aromatic rings. The molecule has 2 aliphatic rings. The highest BCUT2D eigenvalue weighted by Crippen LogP contribution is 2.47. The number of benzene rings is 3. The Balaban J connectivity index is 1.29. The molecule has 6 nitrogen and oxygen atoms in total. The van der Waals surface area contributed by atoms with Gasteiger partial charge in [0.25, 0.3) is 0 Å². The molecule has 1 fully saturated rings. The zero-order chi connectivity index (χ0) is 25.3. The lowest BCUT2D eigenvalue weighted by molar-refractivity contribution is 0.0600. The molecule has 0 atom stereocenters. The number of nitrogens with zero attached hydrogens (tertiary/aromatic N) is 2. The van der Waals surface area contributed by atoms with E-state index in [0.29, 0.717) is 22.8 Å². The lowest BCUT2D eigenvalue weighted by atomic mass is 9.74. The van der Waals surface area contributed by atoms with E-state index < -0.39 is 0 Å². The number of methoxy groups -OCH3 is 1. The summed E-state index contributed by atoms with van der Waals surface area (Å²) in [6.07, 6.45) is 1.63. The summed E-state index contributed by atoms with van der Waals surface area (Å²) in [5, 5.41) is 3.54. The number of fused-ring (bicyclic) bond motifs is 2. The van der Waals surface area contributed by atoms with E-state index in [9.17, 15) is 14.0 Å². The van der Waals surface area contributed by atoms with Gasteiger partial charge in [0.1, 0.15) is 5.82 Å². The molecule has 1 saturated heterocycles. The van der Waals surface area contributed by atoms with Crippen molar-refractivity contribution in [3.05, 3.63) is 94.3 Å². The standard InChI is InChI=1S/C28H27ClFN3O3/c1-36-26(34)20-4-2-19(3-5-20)17-32-14-12-28(13-15-32)18-33(25-11-8-22(30)16-24(25)28)27(35)31-23-9-6-21(29)7-10-23/h2-11,16H,12-15,17-18H2,1H3,(H,31,35). The van der Waals surface area contributed by atoms with Gasteiger partial charge in [0.2, 0.25) is 0 Å². The number of hydrogen-bond acceptors (Lipinski definition) is 4. The highest BCUT2D eigenvalue weighted by molar-refractivity contribution is 6.30. The number of urea groups is 1. The molecule has 1 spiro atoms. The largest absolute Gasteiger partial charge is 0.465 e. The third kappa shape index (κ3) is 4.81. The number of rotatable bonds is 4. The smallest absolute Gasteiger partial charge is 0.337 e. The van der Waals surface area contributed by atoms with Crippen LogP contribution in [0, 0.1) is 5.82 Å². The second kappa shape index (κ2) is 9.91. The summed E-state index contributed by atoms with van der Waals surface area (Å²) < 4.78 is 19.1. The van der Waals surface area contributed by atoms with Gasteiger partial charge in [0.15, 0.2) is 0 Å². The zero-order valence-corrected chi connectivity index (χ0v) is 20.7. The SMILES string of the molecule is COC(=O)c1ccc(CN2CCC3(CC2)CN(C(=O)Nc2ccc(Cl)cc2)c2ccc(F)cc23)cc1. The van der Waals surface area contributed by atoms with Crippen LogP contribution in [-0.4, -0.2) is 43.6 Å². The van der Waals surface area contributed by atoms with Crippen molar-refractivity contribution in [3.8, 4) is 0 Å². The van der Waals surface area contributed by atoms with Crippen molar-refractivity contribution in [3.63, 3.8) is 0 Å². The summed E-state index contributed by atoms with van der Waals surface area (Å²) in [6, 6.07) is 18.9. The van der Waals surface area contributed by atoms with Crippen LogP contribution >= 0.6 is 11.6 Å². The van der Waals surface area contributed by atoms with Crippen LogP contribution in [-0.2, 0) is 16.7 Å². The van der Waals surface area contributed by atoms with Crippen molar-refractivity contribution in [1.82, 2.24) is 4.90 Å². The van der Waals surface area contributed by atoms with E-state index in [1.54, 1.807) is 53.4 Å². The lowest BCUT2D eigenvalue weighted by Gasteiger charge is -2.40. The fraction of sp³-hybridized carbons (Fsp3) is 0.286. The monoisotopic (exact) mass is 507 g/mol. The Morgan fingerprint density at radius 2 is 1.72 bits per heavy atom. The van der Waals surface area contributed by atoms with Crippen LogP contribution in [0.5, 0.6) is 0 Å². The molecule has 0 saturated carbocycles. The van der Waals surface area contributed by atoms with E-state index >= 15 is 0 Å². The van der Waals surface area contributed by atoms with Gasteiger partial charge in [-0.1, -0.05) is 23.7 Å².